The Bertz CT molecular complexity index is 670. The van der Waals surface area contributed by atoms with Crippen molar-refractivity contribution in [3.05, 3.63) is 11.3 Å². The molecule has 2 aliphatic rings. The van der Waals surface area contributed by atoms with Crippen LogP contribution in [0.3, 0.4) is 0 Å². The van der Waals surface area contributed by atoms with Crippen LogP contribution in [0.1, 0.15) is 56.3 Å². The smallest absolute Gasteiger partial charge is 0.245 e. The van der Waals surface area contributed by atoms with Gasteiger partial charge in [0.05, 0.1) is 24.4 Å². The van der Waals surface area contributed by atoms with E-state index in [9.17, 15) is 9.59 Å². The van der Waals surface area contributed by atoms with Crippen molar-refractivity contribution in [2.45, 2.75) is 58.0 Å². The summed E-state index contributed by atoms with van der Waals surface area (Å²) in [5, 5.41) is 4.46. The zero-order chi connectivity index (χ0) is 18.1. The number of amides is 2. The standard InChI is InChI=1S/C18H28N4O3/c1-12-16(18(25-4)20(3)19-12)14-8-7-11-22(14)17(24)13(2)21-10-6-5-9-15(21)23/h13-14H,5-11H2,1-4H3. The van der Waals surface area contributed by atoms with Crippen LogP contribution < -0.4 is 4.74 Å². The molecule has 2 amide bonds. The second-order valence-corrected chi connectivity index (χ2v) is 7.04. The molecule has 0 spiro atoms. The molecule has 0 aromatic carbocycles. The van der Waals surface area contributed by atoms with Crippen LogP contribution in [0.15, 0.2) is 0 Å². The van der Waals surface area contributed by atoms with Gasteiger partial charge in [0, 0.05) is 26.6 Å². The largest absolute Gasteiger partial charge is 0.481 e. The van der Waals surface area contributed by atoms with Gasteiger partial charge in [-0.2, -0.15) is 5.10 Å². The van der Waals surface area contributed by atoms with Crippen LogP contribution in [0.25, 0.3) is 0 Å². The zero-order valence-corrected chi connectivity index (χ0v) is 15.6. The van der Waals surface area contributed by atoms with E-state index in [2.05, 4.69) is 5.10 Å². The fourth-order valence-corrected chi connectivity index (χ4v) is 4.22. The normalized spacial score (nSPS) is 22.4. The summed E-state index contributed by atoms with van der Waals surface area (Å²) >= 11 is 0. The molecule has 2 saturated heterocycles. The van der Waals surface area contributed by atoms with Crippen molar-refractivity contribution in [2.75, 3.05) is 20.2 Å². The molecular weight excluding hydrogens is 320 g/mol. The van der Waals surface area contributed by atoms with Crippen molar-refractivity contribution in [3.63, 3.8) is 0 Å². The van der Waals surface area contributed by atoms with Gasteiger partial charge in [-0.3, -0.25) is 9.59 Å². The molecule has 1 aromatic rings. The van der Waals surface area contributed by atoms with Crippen molar-refractivity contribution in [2.24, 2.45) is 7.05 Å². The molecule has 0 radical (unpaired) electrons. The lowest BCUT2D eigenvalue weighted by molar-refractivity contribution is -0.147. The maximum absolute atomic E-state index is 13.2. The lowest BCUT2D eigenvalue weighted by Gasteiger charge is -2.35. The summed E-state index contributed by atoms with van der Waals surface area (Å²) in [5.74, 6) is 0.838. The Morgan fingerprint density at radius 1 is 1.28 bits per heavy atom. The van der Waals surface area contributed by atoms with Gasteiger partial charge in [-0.15, -0.1) is 0 Å². The van der Waals surface area contributed by atoms with Crippen molar-refractivity contribution in [3.8, 4) is 5.88 Å². The van der Waals surface area contributed by atoms with Crippen LogP contribution in [-0.4, -0.2) is 57.6 Å². The number of rotatable bonds is 4. The minimum atomic E-state index is -0.406. The van der Waals surface area contributed by atoms with Crippen molar-refractivity contribution in [1.29, 1.82) is 0 Å². The first-order chi connectivity index (χ1) is 12.0. The highest BCUT2D eigenvalue weighted by Crippen LogP contribution is 2.39. The van der Waals surface area contributed by atoms with Gasteiger partial charge in [0.15, 0.2) is 0 Å². The first kappa shape index (κ1) is 17.8. The van der Waals surface area contributed by atoms with Crippen LogP contribution >= 0.6 is 0 Å². The Morgan fingerprint density at radius 2 is 2.04 bits per heavy atom. The minimum Gasteiger partial charge on any atom is -0.481 e. The number of nitrogens with zero attached hydrogens (tertiary/aromatic N) is 4. The van der Waals surface area contributed by atoms with Crippen LogP contribution in [0.2, 0.25) is 0 Å². The number of aryl methyl sites for hydroxylation is 2. The van der Waals surface area contributed by atoms with Crippen molar-refractivity contribution < 1.29 is 14.3 Å². The fourth-order valence-electron chi connectivity index (χ4n) is 4.22. The molecule has 0 aliphatic carbocycles. The Morgan fingerprint density at radius 3 is 2.72 bits per heavy atom. The van der Waals surface area contributed by atoms with E-state index in [1.54, 1.807) is 16.7 Å². The Balaban J connectivity index is 1.84. The molecule has 2 aliphatic heterocycles. The van der Waals surface area contributed by atoms with Crippen LogP contribution in [0.5, 0.6) is 5.88 Å². The van der Waals surface area contributed by atoms with E-state index in [0.29, 0.717) is 25.4 Å². The number of carbonyl (C=O) groups excluding carboxylic acids is 2. The number of ether oxygens (including phenoxy) is 1. The SMILES string of the molecule is COc1c(C2CCCN2C(=O)C(C)N2CCCCC2=O)c(C)nn1C. The summed E-state index contributed by atoms with van der Waals surface area (Å²) < 4.78 is 7.25. The average molecular weight is 348 g/mol. The summed E-state index contributed by atoms with van der Waals surface area (Å²) in [6, 6.07) is -0.435. The molecular formula is C18H28N4O3. The number of hydrogen-bond acceptors (Lipinski definition) is 4. The molecule has 138 valence electrons. The molecule has 7 nitrogen and oxygen atoms in total. The third kappa shape index (κ3) is 3.12. The van der Waals surface area contributed by atoms with Crippen molar-refractivity contribution >= 4 is 11.8 Å². The van der Waals surface area contributed by atoms with E-state index in [-0.39, 0.29) is 17.9 Å². The number of aromatic nitrogens is 2. The van der Waals surface area contributed by atoms with Crippen molar-refractivity contribution in [1.82, 2.24) is 19.6 Å². The number of piperidine rings is 1. The highest BCUT2D eigenvalue weighted by Gasteiger charge is 2.39. The zero-order valence-electron chi connectivity index (χ0n) is 15.6. The quantitative estimate of drug-likeness (QED) is 0.832. The van der Waals surface area contributed by atoms with Gasteiger partial charge in [0.25, 0.3) is 0 Å². The van der Waals surface area contributed by atoms with E-state index in [0.717, 1.165) is 36.9 Å². The van der Waals surface area contributed by atoms with Gasteiger partial charge in [-0.05, 0) is 39.5 Å². The van der Waals surface area contributed by atoms with E-state index >= 15 is 0 Å². The summed E-state index contributed by atoms with van der Waals surface area (Å²) in [7, 11) is 3.49. The molecule has 0 bridgehead atoms. The fraction of sp³-hybridized carbons (Fsp3) is 0.722. The van der Waals surface area contributed by atoms with Gasteiger partial charge < -0.3 is 14.5 Å². The maximum atomic E-state index is 13.2. The van der Waals surface area contributed by atoms with E-state index in [1.807, 2.05) is 25.8 Å². The molecule has 0 N–H and O–H groups in total. The molecule has 1 aromatic heterocycles. The van der Waals surface area contributed by atoms with Gasteiger partial charge in [0.1, 0.15) is 6.04 Å². The van der Waals surface area contributed by atoms with Gasteiger partial charge in [-0.1, -0.05) is 0 Å². The summed E-state index contributed by atoms with van der Waals surface area (Å²) in [6.07, 6.45) is 4.30. The number of likely N-dealkylation sites (tertiary alicyclic amines) is 2. The van der Waals surface area contributed by atoms with Gasteiger partial charge in [0.2, 0.25) is 17.7 Å². The predicted molar refractivity (Wildman–Crippen MR) is 93.2 cm³/mol. The summed E-state index contributed by atoms with van der Waals surface area (Å²) in [5.41, 5.74) is 1.89. The van der Waals surface area contributed by atoms with Crippen LogP contribution in [-0.2, 0) is 16.6 Å². The number of hydrogen-bond donors (Lipinski definition) is 0. The van der Waals surface area contributed by atoms with Gasteiger partial charge in [-0.25, -0.2) is 4.68 Å². The number of methoxy groups -OCH3 is 1. The molecule has 25 heavy (non-hydrogen) atoms. The molecule has 2 unspecified atom stereocenters. The summed E-state index contributed by atoms with van der Waals surface area (Å²) in [6.45, 7) is 5.21. The lowest BCUT2D eigenvalue weighted by atomic mass is 10.0. The number of carbonyl (C=O) groups is 2. The molecule has 2 atom stereocenters. The monoisotopic (exact) mass is 348 g/mol. The first-order valence-corrected chi connectivity index (χ1v) is 9.13. The second-order valence-electron chi connectivity index (χ2n) is 7.04. The van der Waals surface area contributed by atoms with Crippen LogP contribution in [0.4, 0.5) is 0 Å². The third-order valence-electron chi connectivity index (χ3n) is 5.46. The third-order valence-corrected chi connectivity index (χ3v) is 5.46. The lowest BCUT2D eigenvalue weighted by Crippen LogP contribution is -2.50. The Kier molecular flexibility index (Phi) is 5.01. The highest BCUT2D eigenvalue weighted by molar-refractivity contribution is 5.88. The predicted octanol–water partition coefficient (Wildman–Crippen LogP) is 1.80. The molecule has 3 heterocycles. The summed E-state index contributed by atoms with van der Waals surface area (Å²) in [4.78, 5) is 29.0. The van der Waals surface area contributed by atoms with E-state index in [4.69, 9.17) is 4.74 Å². The van der Waals surface area contributed by atoms with E-state index < -0.39 is 6.04 Å². The average Bonchev–Trinajstić information content (AvgIpc) is 3.17. The molecule has 0 saturated carbocycles. The highest BCUT2D eigenvalue weighted by atomic mass is 16.5. The van der Waals surface area contributed by atoms with Gasteiger partial charge >= 0.3 is 0 Å². The first-order valence-electron chi connectivity index (χ1n) is 9.13. The maximum Gasteiger partial charge on any atom is 0.245 e. The second kappa shape index (κ2) is 7.06. The molecule has 3 rings (SSSR count). The topological polar surface area (TPSA) is 67.7 Å². The minimum absolute atomic E-state index is 0.0292. The Labute approximate surface area is 148 Å². The van der Waals surface area contributed by atoms with Crippen LogP contribution in [0, 0.1) is 6.92 Å². The van der Waals surface area contributed by atoms with E-state index in [1.165, 1.54) is 0 Å². The molecule has 2 fully saturated rings. The molecule has 7 heteroatoms. The Hall–Kier alpha value is -2.05.